The van der Waals surface area contributed by atoms with Gasteiger partial charge in [-0.2, -0.15) is 0 Å². The number of halogens is 2. The summed E-state index contributed by atoms with van der Waals surface area (Å²) in [6, 6.07) is 10.8. The molecule has 0 radical (unpaired) electrons. The highest BCUT2D eigenvalue weighted by molar-refractivity contribution is 9.10. The van der Waals surface area contributed by atoms with Gasteiger partial charge in [0.2, 0.25) is 5.91 Å². The highest BCUT2D eigenvalue weighted by Crippen LogP contribution is 2.32. The van der Waals surface area contributed by atoms with Gasteiger partial charge in [0.1, 0.15) is 5.75 Å². The summed E-state index contributed by atoms with van der Waals surface area (Å²) >= 11 is 8.13. The number of hydrogen-bond acceptors (Lipinski definition) is 5. The number of anilines is 1. The highest BCUT2D eigenvalue weighted by Gasteiger charge is 2.18. The molecule has 3 aromatic rings. The fourth-order valence-corrected chi connectivity index (χ4v) is 3.98. The van der Waals surface area contributed by atoms with Gasteiger partial charge in [-0.25, -0.2) is 0 Å². The van der Waals surface area contributed by atoms with Gasteiger partial charge < -0.3 is 10.4 Å². The number of benzene rings is 2. The molecule has 0 atom stereocenters. The summed E-state index contributed by atoms with van der Waals surface area (Å²) in [5, 5.41) is 22.1. The Hall–Kier alpha value is -2.10. The van der Waals surface area contributed by atoms with Crippen LogP contribution in [-0.2, 0) is 11.3 Å². The number of carbonyl (C=O) groups excluding carboxylic acids is 1. The first-order chi connectivity index (χ1) is 13.9. The molecule has 0 saturated carbocycles. The van der Waals surface area contributed by atoms with Crippen molar-refractivity contribution in [1.82, 2.24) is 14.8 Å². The Morgan fingerprint density at radius 2 is 2.07 bits per heavy atom. The minimum Gasteiger partial charge on any atom is -0.507 e. The molecule has 0 aliphatic rings. The van der Waals surface area contributed by atoms with Crippen molar-refractivity contribution < 1.29 is 9.90 Å². The molecule has 3 rings (SSSR count). The van der Waals surface area contributed by atoms with Crippen molar-refractivity contribution in [1.29, 1.82) is 0 Å². The van der Waals surface area contributed by atoms with Crippen molar-refractivity contribution in [3.8, 4) is 17.1 Å². The van der Waals surface area contributed by atoms with Crippen LogP contribution in [0.4, 0.5) is 5.69 Å². The second-order valence-corrected chi connectivity index (χ2v) is 8.88. The Morgan fingerprint density at radius 3 is 2.79 bits per heavy atom. The Balaban J connectivity index is 1.76. The van der Waals surface area contributed by atoms with Crippen LogP contribution in [0.2, 0.25) is 0 Å². The van der Waals surface area contributed by atoms with Crippen LogP contribution in [0.3, 0.4) is 0 Å². The smallest absolute Gasteiger partial charge is 0.234 e. The molecule has 0 aliphatic carbocycles. The molecule has 29 heavy (non-hydrogen) atoms. The minimum atomic E-state index is -0.142. The van der Waals surface area contributed by atoms with E-state index in [0.717, 1.165) is 20.2 Å². The molecule has 2 N–H and O–H groups in total. The van der Waals surface area contributed by atoms with Crippen LogP contribution in [0.25, 0.3) is 11.4 Å². The molecule has 0 unspecified atom stereocenters. The lowest BCUT2D eigenvalue weighted by Crippen LogP contribution is -2.14. The molecule has 1 amide bonds. The van der Waals surface area contributed by atoms with E-state index in [9.17, 15) is 9.90 Å². The van der Waals surface area contributed by atoms with E-state index in [-0.39, 0.29) is 17.4 Å². The maximum absolute atomic E-state index is 12.4. The lowest BCUT2D eigenvalue weighted by Gasteiger charge is -2.10. The number of rotatable bonds is 7. The van der Waals surface area contributed by atoms with Gasteiger partial charge in [0.05, 0.1) is 11.3 Å². The Kier molecular flexibility index (Phi) is 7.15. The molecule has 0 spiro atoms. The first kappa shape index (κ1) is 21.6. The number of allylic oxidation sites excluding steroid dienone is 1. The second-order valence-electron chi connectivity index (χ2n) is 6.17. The van der Waals surface area contributed by atoms with Crippen molar-refractivity contribution in [2.75, 3.05) is 11.1 Å². The standard InChI is InChI=1S/C20H18Br2N4O2S/c1-3-8-26-19(15-10-13(21)4-7-17(15)27)24-25-20(26)29-11-18(28)23-14-5-6-16(22)12(2)9-14/h3-7,9-10,27H,1,8,11H2,2H3,(H,23,28). The number of phenols is 1. The monoisotopic (exact) mass is 536 g/mol. The average Bonchev–Trinajstić information content (AvgIpc) is 3.08. The maximum atomic E-state index is 12.4. The van der Waals surface area contributed by atoms with E-state index in [4.69, 9.17) is 0 Å². The molecule has 150 valence electrons. The summed E-state index contributed by atoms with van der Waals surface area (Å²) in [5.41, 5.74) is 2.33. The van der Waals surface area contributed by atoms with Crippen LogP contribution in [0.15, 0.2) is 63.2 Å². The van der Waals surface area contributed by atoms with E-state index in [1.807, 2.05) is 29.7 Å². The lowest BCUT2D eigenvalue weighted by atomic mass is 10.2. The van der Waals surface area contributed by atoms with Gasteiger partial charge in [-0.05, 0) is 48.9 Å². The van der Waals surface area contributed by atoms with Crippen molar-refractivity contribution in [3.05, 3.63) is 63.6 Å². The van der Waals surface area contributed by atoms with E-state index in [1.54, 1.807) is 24.3 Å². The van der Waals surface area contributed by atoms with Gasteiger partial charge in [-0.15, -0.1) is 16.8 Å². The number of phenolic OH excluding ortho intramolecular Hbond substituents is 1. The van der Waals surface area contributed by atoms with E-state index in [2.05, 4.69) is 54.0 Å². The zero-order chi connectivity index (χ0) is 21.0. The van der Waals surface area contributed by atoms with E-state index < -0.39 is 0 Å². The minimum absolute atomic E-state index is 0.103. The number of nitrogens with zero attached hydrogens (tertiary/aromatic N) is 3. The summed E-state index contributed by atoms with van der Waals surface area (Å²) < 4.78 is 3.62. The quantitative estimate of drug-likeness (QED) is 0.311. The van der Waals surface area contributed by atoms with Crippen LogP contribution in [0.5, 0.6) is 5.75 Å². The Labute approximate surface area is 189 Å². The van der Waals surface area contributed by atoms with Gasteiger partial charge in [-0.1, -0.05) is 49.7 Å². The third kappa shape index (κ3) is 5.29. The Morgan fingerprint density at radius 1 is 1.28 bits per heavy atom. The Bertz CT molecular complexity index is 1070. The van der Waals surface area contributed by atoms with E-state index in [0.29, 0.717) is 23.1 Å². The van der Waals surface area contributed by atoms with Crippen LogP contribution in [0, 0.1) is 6.92 Å². The van der Waals surface area contributed by atoms with Gasteiger partial charge in [0, 0.05) is 21.2 Å². The molecule has 0 aliphatic heterocycles. The number of aryl methyl sites for hydroxylation is 1. The third-order valence-corrected chi connectivity index (χ3v) is 6.35. The summed E-state index contributed by atoms with van der Waals surface area (Å²) in [4.78, 5) is 12.4. The SMILES string of the molecule is C=CCn1c(SCC(=O)Nc2ccc(Br)c(C)c2)nnc1-c1cc(Br)ccc1O. The second kappa shape index (κ2) is 9.60. The summed E-state index contributed by atoms with van der Waals surface area (Å²) in [6.07, 6.45) is 1.72. The molecular formula is C20H18Br2N4O2S. The zero-order valence-electron chi connectivity index (χ0n) is 15.5. The van der Waals surface area contributed by atoms with Crippen LogP contribution in [-0.4, -0.2) is 31.5 Å². The molecular weight excluding hydrogens is 520 g/mol. The molecule has 2 aromatic carbocycles. The molecule has 1 aromatic heterocycles. The van der Waals surface area contributed by atoms with Crippen molar-refractivity contribution in [2.45, 2.75) is 18.6 Å². The molecule has 0 saturated heterocycles. The topological polar surface area (TPSA) is 80.0 Å². The highest BCUT2D eigenvalue weighted by atomic mass is 79.9. The first-order valence-corrected chi connectivity index (χ1v) is 11.2. The third-order valence-electron chi connectivity index (χ3n) is 4.00. The molecule has 0 fully saturated rings. The maximum Gasteiger partial charge on any atom is 0.234 e. The molecule has 9 heteroatoms. The van der Waals surface area contributed by atoms with Crippen LogP contribution >= 0.6 is 43.6 Å². The van der Waals surface area contributed by atoms with Crippen molar-refractivity contribution in [3.63, 3.8) is 0 Å². The van der Waals surface area contributed by atoms with Gasteiger partial charge in [0.25, 0.3) is 0 Å². The fourth-order valence-electron chi connectivity index (χ4n) is 2.63. The normalized spacial score (nSPS) is 10.7. The summed E-state index contributed by atoms with van der Waals surface area (Å²) in [6.45, 7) is 6.19. The first-order valence-electron chi connectivity index (χ1n) is 8.61. The number of nitrogens with one attached hydrogen (secondary N) is 1. The number of aromatic nitrogens is 3. The zero-order valence-corrected chi connectivity index (χ0v) is 19.5. The van der Waals surface area contributed by atoms with Crippen molar-refractivity contribution >= 4 is 55.2 Å². The van der Waals surface area contributed by atoms with Crippen LogP contribution in [0.1, 0.15) is 5.56 Å². The van der Waals surface area contributed by atoms with Crippen LogP contribution < -0.4 is 5.32 Å². The predicted octanol–water partition coefficient (Wildman–Crippen LogP) is 5.40. The van der Waals surface area contributed by atoms with E-state index >= 15 is 0 Å². The fraction of sp³-hybridized carbons (Fsp3) is 0.150. The number of carbonyl (C=O) groups is 1. The number of hydrogen-bond donors (Lipinski definition) is 2. The van der Waals surface area contributed by atoms with Crippen molar-refractivity contribution in [2.24, 2.45) is 0 Å². The number of thioether (sulfide) groups is 1. The average molecular weight is 538 g/mol. The van der Waals surface area contributed by atoms with Gasteiger partial charge in [-0.3, -0.25) is 9.36 Å². The molecule has 6 nitrogen and oxygen atoms in total. The summed E-state index contributed by atoms with van der Waals surface area (Å²) in [7, 11) is 0. The van der Waals surface area contributed by atoms with Gasteiger partial charge >= 0.3 is 0 Å². The lowest BCUT2D eigenvalue weighted by molar-refractivity contribution is -0.113. The van der Waals surface area contributed by atoms with E-state index in [1.165, 1.54) is 11.8 Å². The molecule has 1 heterocycles. The molecule has 0 bridgehead atoms. The largest absolute Gasteiger partial charge is 0.507 e. The summed E-state index contributed by atoms with van der Waals surface area (Å²) in [5.74, 6) is 0.646. The number of amides is 1. The van der Waals surface area contributed by atoms with Gasteiger partial charge in [0.15, 0.2) is 11.0 Å². The number of aromatic hydroxyl groups is 1. The predicted molar refractivity (Wildman–Crippen MR) is 123 cm³/mol.